The van der Waals surface area contributed by atoms with Crippen molar-refractivity contribution in [1.82, 2.24) is 10.2 Å². The van der Waals surface area contributed by atoms with E-state index in [1.807, 2.05) is 29.2 Å². The van der Waals surface area contributed by atoms with Gasteiger partial charge >= 0.3 is 0 Å². The first-order valence-electron chi connectivity index (χ1n) is 14.2. The second-order valence-corrected chi connectivity index (χ2v) is 11.2. The van der Waals surface area contributed by atoms with Crippen molar-refractivity contribution in [2.75, 3.05) is 40.0 Å². The smallest absolute Gasteiger partial charge is 0.251 e. The van der Waals surface area contributed by atoms with Crippen molar-refractivity contribution in [2.24, 2.45) is 0 Å². The molecule has 216 valence electrons. The summed E-state index contributed by atoms with van der Waals surface area (Å²) in [5.74, 6) is 1.86. The number of amides is 1. The summed E-state index contributed by atoms with van der Waals surface area (Å²) < 4.78 is 31.1. The van der Waals surface area contributed by atoms with E-state index in [2.05, 4.69) is 45.5 Å². The van der Waals surface area contributed by atoms with Crippen LogP contribution in [0.15, 0.2) is 76.8 Å². The Labute approximate surface area is 249 Å². The molecule has 1 N–H and O–H groups in total. The number of aryl methyl sites for hydroxylation is 1. The maximum atomic E-state index is 13.8. The Kier molecular flexibility index (Phi) is 9.96. The zero-order valence-electron chi connectivity index (χ0n) is 23.3. The van der Waals surface area contributed by atoms with Crippen LogP contribution >= 0.6 is 15.9 Å². The fourth-order valence-electron chi connectivity index (χ4n) is 5.07. The molecule has 0 atom stereocenters. The van der Waals surface area contributed by atoms with Crippen LogP contribution in [0.5, 0.6) is 17.2 Å². The lowest BCUT2D eigenvalue weighted by Crippen LogP contribution is -2.41. The highest BCUT2D eigenvalue weighted by Crippen LogP contribution is 2.32. The predicted molar refractivity (Wildman–Crippen MR) is 162 cm³/mol. The minimum absolute atomic E-state index is 0.109. The molecule has 0 saturated heterocycles. The molecule has 1 saturated carbocycles. The van der Waals surface area contributed by atoms with Crippen molar-refractivity contribution >= 4 is 27.4 Å². The van der Waals surface area contributed by atoms with Gasteiger partial charge in [0.05, 0.1) is 24.7 Å². The summed E-state index contributed by atoms with van der Waals surface area (Å²) in [4.78, 5) is 15.8. The van der Waals surface area contributed by atoms with E-state index in [1.165, 1.54) is 17.7 Å². The van der Waals surface area contributed by atoms with E-state index in [0.29, 0.717) is 32.1 Å². The van der Waals surface area contributed by atoms with Crippen LogP contribution in [0.4, 0.5) is 4.39 Å². The Morgan fingerprint density at radius 2 is 1.76 bits per heavy atom. The maximum Gasteiger partial charge on any atom is 0.251 e. The summed E-state index contributed by atoms with van der Waals surface area (Å²) in [6, 6.07) is 20.8. The minimum Gasteiger partial charge on any atom is -0.497 e. The standard InChI is InChI=1S/C33H36BrFN2O4/c1-39-27-11-13-28(14-12-27)40-20-18-37(26-9-10-26)33(38)30-22-36-17-16-29(30)24-6-4-23(5-7-24)3-2-19-41-32-21-25(35)8-15-31(32)34/h4-8,11-15,21,26,36H,2-3,9-10,16-20,22H2,1H3. The Bertz CT molecular complexity index is 1360. The number of nitrogens with one attached hydrogen (secondary N) is 1. The van der Waals surface area contributed by atoms with Gasteiger partial charge in [0.25, 0.3) is 5.91 Å². The molecular formula is C33H36BrFN2O4. The van der Waals surface area contributed by atoms with Crippen molar-refractivity contribution in [1.29, 1.82) is 0 Å². The first kappa shape index (κ1) is 29.1. The molecule has 5 rings (SSSR count). The topological polar surface area (TPSA) is 60.0 Å². The second kappa shape index (κ2) is 14.0. The summed E-state index contributed by atoms with van der Waals surface area (Å²) in [5, 5.41) is 3.40. The molecule has 1 amide bonds. The Morgan fingerprint density at radius 3 is 2.49 bits per heavy atom. The van der Waals surface area contributed by atoms with Crippen molar-refractivity contribution < 1.29 is 23.4 Å². The van der Waals surface area contributed by atoms with Gasteiger partial charge in [-0.05, 0) is 108 Å². The number of hydrogen-bond donors (Lipinski definition) is 1. The average molecular weight is 624 g/mol. The van der Waals surface area contributed by atoms with Gasteiger partial charge in [0.1, 0.15) is 29.7 Å². The molecule has 1 heterocycles. The van der Waals surface area contributed by atoms with Gasteiger partial charge in [-0.15, -0.1) is 0 Å². The zero-order chi connectivity index (χ0) is 28.6. The van der Waals surface area contributed by atoms with Crippen molar-refractivity contribution in [3.63, 3.8) is 0 Å². The van der Waals surface area contributed by atoms with E-state index in [0.717, 1.165) is 71.3 Å². The lowest BCUT2D eigenvalue weighted by atomic mass is 9.92. The fourth-order valence-corrected chi connectivity index (χ4v) is 5.43. The van der Waals surface area contributed by atoms with Gasteiger partial charge in [0.2, 0.25) is 0 Å². The fraction of sp³-hybridized carbons (Fsp3) is 0.364. The van der Waals surface area contributed by atoms with Crippen LogP contribution in [0.2, 0.25) is 0 Å². The highest BCUT2D eigenvalue weighted by atomic mass is 79.9. The normalized spacial score (nSPS) is 15.0. The van der Waals surface area contributed by atoms with Crippen LogP contribution in [0.3, 0.4) is 0 Å². The number of carbonyl (C=O) groups excluding carboxylic acids is 1. The minimum atomic E-state index is -0.314. The molecular weight excluding hydrogens is 587 g/mol. The van der Waals surface area contributed by atoms with E-state index in [-0.39, 0.29) is 17.8 Å². The van der Waals surface area contributed by atoms with E-state index in [4.69, 9.17) is 14.2 Å². The number of rotatable bonds is 13. The van der Waals surface area contributed by atoms with Crippen LogP contribution in [0.25, 0.3) is 5.57 Å². The predicted octanol–water partition coefficient (Wildman–Crippen LogP) is 6.43. The van der Waals surface area contributed by atoms with Crippen molar-refractivity contribution in [3.8, 4) is 17.2 Å². The van der Waals surface area contributed by atoms with Crippen molar-refractivity contribution in [3.05, 3.63) is 93.7 Å². The number of ether oxygens (including phenoxy) is 3. The molecule has 3 aromatic rings. The number of methoxy groups -OCH3 is 1. The van der Waals surface area contributed by atoms with Crippen LogP contribution in [-0.2, 0) is 11.2 Å². The largest absolute Gasteiger partial charge is 0.497 e. The van der Waals surface area contributed by atoms with E-state index < -0.39 is 0 Å². The Hall–Kier alpha value is -3.36. The summed E-state index contributed by atoms with van der Waals surface area (Å²) in [7, 11) is 1.64. The van der Waals surface area contributed by atoms with Gasteiger partial charge < -0.3 is 24.4 Å². The third kappa shape index (κ3) is 7.89. The average Bonchev–Trinajstić information content (AvgIpc) is 3.85. The molecule has 2 aliphatic rings. The van der Waals surface area contributed by atoms with Gasteiger partial charge in [-0.2, -0.15) is 0 Å². The summed E-state index contributed by atoms with van der Waals surface area (Å²) >= 11 is 3.40. The third-order valence-electron chi connectivity index (χ3n) is 7.45. The summed E-state index contributed by atoms with van der Waals surface area (Å²) in [6.45, 7) is 2.92. The molecule has 0 bridgehead atoms. The van der Waals surface area contributed by atoms with E-state index in [1.54, 1.807) is 13.2 Å². The van der Waals surface area contributed by atoms with Crippen LogP contribution in [0.1, 0.15) is 36.8 Å². The van der Waals surface area contributed by atoms with Crippen LogP contribution in [0, 0.1) is 5.82 Å². The summed E-state index contributed by atoms with van der Waals surface area (Å²) in [5.41, 5.74) is 4.29. The van der Waals surface area contributed by atoms with Gasteiger partial charge in [-0.1, -0.05) is 24.3 Å². The summed E-state index contributed by atoms with van der Waals surface area (Å²) in [6.07, 6.45) is 4.56. The number of nitrogens with zero attached hydrogens (tertiary/aromatic N) is 1. The SMILES string of the molecule is COc1ccc(OCCN(C(=O)C2=C(c3ccc(CCCOc4cc(F)ccc4Br)cc3)CCNC2)C2CC2)cc1. The number of hydrogen-bond acceptors (Lipinski definition) is 5. The molecule has 8 heteroatoms. The van der Waals surface area contributed by atoms with Crippen LogP contribution < -0.4 is 19.5 Å². The number of benzene rings is 3. The Morgan fingerprint density at radius 1 is 1.00 bits per heavy atom. The van der Waals surface area contributed by atoms with Gasteiger partial charge in [-0.3, -0.25) is 4.79 Å². The number of carbonyl (C=O) groups is 1. The lowest BCUT2D eigenvalue weighted by molar-refractivity contribution is -0.128. The first-order valence-corrected chi connectivity index (χ1v) is 15.0. The number of halogens is 2. The van der Waals surface area contributed by atoms with Gasteiger partial charge in [0, 0.05) is 24.2 Å². The monoisotopic (exact) mass is 622 g/mol. The Balaban J connectivity index is 1.19. The highest BCUT2D eigenvalue weighted by molar-refractivity contribution is 9.10. The molecule has 0 spiro atoms. The molecule has 3 aromatic carbocycles. The lowest BCUT2D eigenvalue weighted by Gasteiger charge is -2.28. The second-order valence-electron chi connectivity index (χ2n) is 10.4. The zero-order valence-corrected chi connectivity index (χ0v) is 24.9. The third-order valence-corrected chi connectivity index (χ3v) is 8.10. The molecule has 0 aromatic heterocycles. The molecule has 6 nitrogen and oxygen atoms in total. The quantitative estimate of drug-likeness (QED) is 0.223. The molecule has 1 aliphatic heterocycles. The molecule has 1 fully saturated rings. The van der Waals surface area contributed by atoms with Gasteiger partial charge in [-0.25, -0.2) is 4.39 Å². The van der Waals surface area contributed by atoms with Crippen molar-refractivity contribution in [2.45, 2.75) is 38.1 Å². The maximum absolute atomic E-state index is 13.8. The van der Waals surface area contributed by atoms with E-state index >= 15 is 0 Å². The molecule has 41 heavy (non-hydrogen) atoms. The molecule has 0 radical (unpaired) electrons. The highest BCUT2D eigenvalue weighted by Gasteiger charge is 2.35. The first-order chi connectivity index (χ1) is 20.0. The molecule has 1 aliphatic carbocycles. The van der Waals surface area contributed by atoms with E-state index in [9.17, 15) is 9.18 Å². The molecule has 0 unspecified atom stereocenters. The van der Waals surface area contributed by atoms with Crippen LogP contribution in [-0.4, -0.2) is 56.8 Å². The van der Waals surface area contributed by atoms with Gasteiger partial charge in [0.15, 0.2) is 0 Å².